The number of thioether (sulfide) groups is 1. The molecule has 2 aliphatic heterocycles. The third-order valence-electron chi connectivity index (χ3n) is 4.26. The number of hydrogen-bond donors (Lipinski definition) is 1. The Morgan fingerprint density at radius 3 is 2.85 bits per heavy atom. The Kier molecular flexibility index (Phi) is 5.22. The molecule has 3 rings (SSSR count). The molecule has 1 atom stereocenters. The number of aliphatic imine (C=N–C) groups is 1. The van der Waals surface area contributed by atoms with Crippen LogP contribution in [0.5, 0.6) is 0 Å². The van der Waals surface area contributed by atoms with Crippen molar-refractivity contribution in [3.63, 3.8) is 0 Å². The van der Waals surface area contributed by atoms with Crippen LogP contribution < -0.4 is 5.32 Å². The van der Waals surface area contributed by atoms with Gasteiger partial charge in [0.2, 0.25) is 5.91 Å². The molecule has 0 aliphatic carbocycles. The van der Waals surface area contributed by atoms with E-state index in [0.717, 1.165) is 10.5 Å². The van der Waals surface area contributed by atoms with Crippen molar-refractivity contribution < 1.29 is 23.3 Å². The van der Waals surface area contributed by atoms with Crippen molar-refractivity contribution in [2.45, 2.75) is 6.92 Å². The molecular weight excluding hydrogens is 371 g/mol. The van der Waals surface area contributed by atoms with Crippen LogP contribution in [-0.2, 0) is 9.59 Å². The quantitative estimate of drug-likeness (QED) is 0.800. The molecule has 1 N–H and O–H groups in total. The zero-order chi connectivity index (χ0) is 19.7. The van der Waals surface area contributed by atoms with Gasteiger partial charge in [0.15, 0.2) is 5.92 Å². The van der Waals surface area contributed by atoms with Crippen LogP contribution in [0.4, 0.5) is 14.9 Å². The molecule has 27 heavy (non-hydrogen) atoms. The predicted octanol–water partition coefficient (Wildman–Crippen LogP) is 2.10. The zero-order valence-corrected chi connectivity index (χ0v) is 15.8. The minimum atomic E-state index is -0.713. The van der Waals surface area contributed by atoms with Gasteiger partial charge in [0.1, 0.15) is 12.0 Å². The van der Waals surface area contributed by atoms with Gasteiger partial charge in [-0.3, -0.25) is 9.59 Å². The van der Waals surface area contributed by atoms with Crippen molar-refractivity contribution in [3.05, 3.63) is 40.6 Å². The number of anilines is 1. The molecular formula is C18H18FN4O3S+. The molecule has 1 aromatic rings. The molecule has 9 heteroatoms. The van der Waals surface area contributed by atoms with Gasteiger partial charge in [-0.2, -0.15) is 9.48 Å². The Morgan fingerprint density at radius 2 is 2.15 bits per heavy atom. The highest BCUT2D eigenvalue weighted by Crippen LogP contribution is 2.34. The van der Waals surface area contributed by atoms with Crippen molar-refractivity contribution in [3.8, 4) is 0 Å². The van der Waals surface area contributed by atoms with Crippen LogP contribution in [-0.4, -0.2) is 59.2 Å². The molecule has 0 spiro atoms. The lowest BCUT2D eigenvalue weighted by Gasteiger charge is -2.27. The van der Waals surface area contributed by atoms with E-state index in [-0.39, 0.29) is 17.6 Å². The van der Waals surface area contributed by atoms with E-state index in [2.05, 4.69) is 10.3 Å². The van der Waals surface area contributed by atoms with Crippen LogP contribution in [0.3, 0.4) is 0 Å². The summed E-state index contributed by atoms with van der Waals surface area (Å²) in [4.78, 5) is 42.9. The fourth-order valence-corrected chi connectivity index (χ4v) is 3.88. The van der Waals surface area contributed by atoms with Crippen molar-refractivity contribution in [1.82, 2.24) is 4.90 Å². The zero-order valence-electron chi connectivity index (χ0n) is 15.0. The molecule has 0 saturated heterocycles. The fourth-order valence-electron chi connectivity index (χ4n) is 2.86. The highest BCUT2D eigenvalue weighted by Gasteiger charge is 2.47. The second kappa shape index (κ2) is 7.43. The normalized spacial score (nSPS) is 19.6. The minimum Gasteiger partial charge on any atom is -0.325 e. The smallest absolute Gasteiger partial charge is 0.325 e. The van der Waals surface area contributed by atoms with Crippen molar-refractivity contribution in [2.24, 2.45) is 10.9 Å². The molecule has 1 unspecified atom stereocenters. The van der Waals surface area contributed by atoms with Crippen LogP contribution in [0.1, 0.15) is 6.92 Å². The van der Waals surface area contributed by atoms with Gasteiger partial charge in [-0.05, 0) is 30.7 Å². The molecule has 2 heterocycles. The van der Waals surface area contributed by atoms with Crippen LogP contribution >= 0.6 is 11.8 Å². The Morgan fingerprint density at radius 1 is 1.41 bits per heavy atom. The van der Waals surface area contributed by atoms with E-state index in [1.807, 2.05) is 0 Å². The number of nitrogens with zero attached hydrogens (tertiary/aromatic N) is 3. The van der Waals surface area contributed by atoms with Gasteiger partial charge in [0.05, 0.1) is 19.8 Å². The van der Waals surface area contributed by atoms with Crippen molar-refractivity contribution in [1.29, 1.82) is 0 Å². The largest absolute Gasteiger partial charge is 0.445 e. The van der Waals surface area contributed by atoms with E-state index >= 15 is 0 Å². The maximum Gasteiger partial charge on any atom is 0.445 e. The maximum atomic E-state index is 13.2. The van der Waals surface area contributed by atoms with Gasteiger partial charge in [-0.25, -0.2) is 9.18 Å². The molecule has 0 radical (unpaired) electrons. The number of urea groups is 1. The standard InChI is InChI=1S/C18H17FN4O3S/c1-10-8-20-16-14(17(25)23(3)18(26)22(16)2)15(10)27-9-13(24)21-12-6-4-5-11(19)7-12/h4-8,14H,9H2,1-3H3/p+1. The van der Waals surface area contributed by atoms with Gasteiger partial charge >= 0.3 is 11.9 Å². The average Bonchev–Trinajstić information content (AvgIpc) is 2.63. The van der Waals surface area contributed by atoms with Gasteiger partial charge in [-0.15, -0.1) is 16.8 Å². The first-order valence-corrected chi connectivity index (χ1v) is 9.13. The number of amidine groups is 1. The van der Waals surface area contributed by atoms with E-state index in [1.54, 1.807) is 26.3 Å². The molecule has 0 fully saturated rings. The molecule has 1 aromatic carbocycles. The third kappa shape index (κ3) is 3.68. The summed E-state index contributed by atoms with van der Waals surface area (Å²) < 4.78 is 14.6. The first-order valence-electron chi connectivity index (χ1n) is 8.14. The third-order valence-corrected chi connectivity index (χ3v) is 5.54. The monoisotopic (exact) mass is 389 g/mol. The Hall–Kier alpha value is -2.81. The number of amides is 4. The summed E-state index contributed by atoms with van der Waals surface area (Å²) in [5, 5.41) is 2.62. The summed E-state index contributed by atoms with van der Waals surface area (Å²) in [6.45, 7) is 1.80. The van der Waals surface area contributed by atoms with E-state index in [4.69, 9.17) is 0 Å². The van der Waals surface area contributed by atoms with Crippen LogP contribution in [0.15, 0.2) is 39.7 Å². The summed E-state index contributed by atoms with van der Waals surface area (Å²) >= 11 is 1.21. The number of nitrogens with one attached hydrogen (secondary N) is 1. The predicted molar refractivity (Wildman–Crippen MR) is 102 cm³/mol. The topological polar surface area (TPSA) is 81.9 Å². The van der Waals surface area contributed by atoms with Crippen LogP contribution in [0.2, 0.25) is 0 Å². The minimum absolute atomic E-state index is 0.0372. The van der Waals surface area contributed by atoms with E-state index in [0.29, 0.717) is 16.4 Å². The summed E-state index contributed by atoms with van der Waals surface area (Å²) in [5.74, 6) is -1.47. The Bertz CT molecular complexity index is 938. The molecule has 0 aromatic heterocycles. The first-order chi connectivity index (χ1) is 12.8. The molecule has 140 valence electrons. The number of carbonyl (C=O) groups excluding carboxylic acids is 3. The summed E-state index contributed by atoms with van der Waals surface area (Å²) in [5.41, 5.74) is 1.12. The number of hydrogen-bond acceptors (Lipinski definition) is 5. The highest BCUT2D eigenvalue weighted by molar-refractivity contribution is 8.03. The number of fused-ring (bicyclic) bond motifs is 1. The number of halogens is 1. The van der Waals surface area contributed by atoms with E-state index < -0.39 is 17.8 Å². The molecule has 0 bridgehead atoms. The number of benzene rings is 1. The summed E-state index contributed by atoms with van der Waals surface area (Å²) in [7, 11) is 2.98. The lowest BCUT2D eigenvalue weighted by atomic mass is 9.99. The molecule has 7 nitrogen and oxygen atoms in total. The van der Waals surface area contributed by atoms with Crippen molar-refractivity contribution >= 4 is 47.3 Å². The Balaban J connectivity index is 1.77. The average molecular weight is 389 g/mol. The maximum absolute atomic E-state index is 13.2. The Labute approximate surface area is 159 Å². The van der Waals surface area contributed by atoms with E-state index in [9.17, 15) is 18.8 Å². The number of carbonyl (C=O) groups is 3. The first kappa shape index (κ1) is 19.0. The fraction of sp³-hybridized carbons (Fsp3) is 0.278. The van der Waals surface area contributed by atoms with Gasteiger partial charge in [0.25, 0.3) is 5.84 Å². The lowest BCUT2D eigenvalue weighted by Crippen LogP contribution is -2.52. The highest BCUT2D eigenvalue weighted by atomic mass is 32.2. The van der Waals surface area contributed by atoms with Gasteiger partial charge in [0, 0.05) is 10.6 Å². The molecule has 2 aliphatic rings. The lowest BCUT2D eigenvalue weighted by molar-refractivity contribution is -0.407. The van der Waals surface area contributed by atoms with E-state index in [1.165, 1.54) is 41.6 Å². The number of dihydropyridines is 1. The number of imide groups is 1. The van der Waals surface area contributed by atoms with Crippen LogP contribution in [0.25, 0.3) is 0 Å². The second-order valence-electron chi connectivity index (χ2n) is 6.18. The van der Waals surface area contributed by atoms with Gasteiger partial charge in [-0.1, -0.05) is 6.07 Å². The number of rotatable bonds is 4. The summed E-state index contributed by atoms with van der Waals surface area (Å²) in [6.07, 6.45) is 1.58. The van der Waals surface area contributed by atoms with Crippen LogP contribution in [0, 0.1) is 11.7 Å². The molecule has 4 amide bonds. The SMILES string of the molecule is CC1=C(SCC(=O)Nc2cccc(F)c2)C2C(=O)N(C)C(=O)[N+](C)=C2N=C1. The number of allylic oxidation sites excluding steroid dienone is 1. The van der Waals surface area contributed by atoms with Gasteiger partial charge < -0.3 is 5.32 Å². The second-order valence-corrected chi connectivity index (χ2v) is 7.20. The van der Waals surface area contributed by atoms with Crippen molar-refractivity contribution in [2.75, 3.05) is 25.2 Å². The summed E-state index contributed by atoms with van der Waals surface area (Å²) in [6, 6.07) is 5.17. The molecule has 0 saturated carbocycles.